The van der Waals surface area contributed by atoms with Gasteiger partial charge in [-0.15, -0.1) is 0 Å². The molecule has 1 fully saturated rings. The number of fused-ring (bicyclic) bond motifs is 1. The maximum Gasteiger partial charge on any atom is 0.0372 e. The number of nitrogens with zero attached hydrogens (tertiary/aromatic N) is 1. The lowest BCUT2D eigenvalue weighted by atomic mass is 9.95. The van der Waals surface area contributed by atoms with Gasteiger partial charge in [-0.3, -0.25) is 0 Å². The van der Waals surface area contributed by atoms with Crippen molar-refractivity contribution in [1.82, 2.24) is 4.90 Å². The fourth-order valence-electron chi connectivity index (χ4n) is 3.75. The first-order valence-corrected chi connectivity index (χ1v) is 8.32. The molecule has 2 atom stereocenters. The highest BCUT2D eigenvalue weighted by Crippen LogP contribution is 2.25. The third kappa shape index (κ3) is 3.17. The van der Waals surface area contributed by atoms with Crippen molar-refractivity contribution >= 4 is 5.69 Å². The Kier molecular flexibility index (Phi) is 4.30. The van der Waals surface area contributed by atoms with E-state index in [2.05, 4.69) is 42.3 Å². The average Bonchev–Trinajstić information content (AvgIpc) is 2.47. The van der Waals surface area contributed by atoms with Gasteiger partial charge in [0.25, 0.3) is 0 Å². The normalized spacial score (nSPS) is 24.8. The summed E-state index contributed by atoms with van der Waals surface area (Å²) in [5, 5.41) is 3.50. The molecule has 0 radical (unpaired) electrons. The second-order valence-corrected chi connectivity index (χ2v) is 6.82. The lowest BCUT2D eigenvalue weighted by molar-refractivity contribution is 0.138. The highest BCUT2D eigenvalue weighted by Gasteiger charge is 2.21. The first-order chi connectivity index (χ1) is 9.72. The molecule has 1 aromatic rings. The van der Waals surface area contributed by atoms with Crippen molar-refractivity contribution in [2.45, 2.75) is 52.0 Å². The van der Waals surface area contributed by atoms with E-state index in [-0.39, 0.29) is 0 Å². The quantitative estimate of drug-likeness (QED) is 0.902. The number of benzene rings is 1. The summed E-state index contributed by atoms with van der Waals surface area (Å²) < 4.78 is 0. The topological polar surface area (TPSA) is 15.3 Å². The van der Waals surface area contributed by atoms with Gasteiger partial charge in [0.2, 0.25) is 0 Å². The van der Waals surface area contributed by atoms with Crippen molar-refractivity contribution in [2.24, 2.45) is 5.92 Å². The van der Waals surface area contributed by atoms with Gasteiger partial charge < -0.3 is 10.2 Å². The van der Waals surface area contributed by atoms with Gasteiger partial charge in [-0.25, -0.2) is 0 Å². The molecule has 20 heavy (non-hydrogen) atoms. The third-order valence-corrected chi connectivity index (χ3v) is 4.95. The summed E-state index contributed by atoms with van der Waals surface area (Å²) in [6.45, 7) is 8.50. The first kappa shape index (κ1) is 13.9. The van der Waals surface area contributed by atoms with Gasteiger partial charge in [0.05, 0.1) is 0 Å². The van der Waals surface area contributed by atoms with Crippen LogP contribution in [0.3, 0.4) is 0 Å². The molecule has 3 rings (SSSR count). The van der Waals surface area contributed by atoms with E-state index < -0.39 is 0 Å². The zero-order chi connectivity index (χ0) is 13.9. The Labute approximate surface area is 123 Å². The minimum atomic E-state index is 0.673. The van der Waals surface area contributed by atoms with Gasteiger partial charge in [-0.2, -0.15) is 0 Å². The SMILES string of the molecule is CC1CCCN(C(C)Cc2ccc3c(c2)CCCN3)C1. The van der Waals surface area contributed by atoms with Crippen LogP contribution in [0.5, 0.6) is 0 Å². The fourth-order valence-corrected chi connectivity index (χ4v) is 3.75. The number of aryl methyl sites for hydroxylation is 1. The van der Waals surface area contributed by atoms with Crippen LogP contribution in [0.15, 0.2) is 18.2 Å². The highest BCUT2D eigenvalue weighted by atomic mass is 15.2. The maximum atomic E-state index is 3.50. The molecular formula is C18H28N2. The Balaban J connectivity index is 1.64. The lowest BCUT2D eigenvalue weighted by Gasteiger charge is -2.35. The Morgan fingerprint density at radius 2 is 2.25 bits per heavy atom. The summed E-state index contributed by atoms with van der Waals surface area (Å²) >= 11 is 0. The van der Waals surface area contributed by atoms with Gasteiger partial charge in [0, 0.05) is 24.8 Å². The zero-order valence-electron chi connectivity index (χ0n) is 13.0. The number of anilines is 1. The third-order valence-electron chi connectivity index (χ3n) is 4.95. The van der Waals surface area contributed by atoms with E-state index in [4.69, 9.17) is 0 Å². The van der Waals surface area contributed by atoms with Crippen LogP contribution >= 0.6 is 0 Å². The Morgan fingerprint density at radius 1 is 1.35 bits per heavy atom. The molecule has 0 bridgehead atoms. The van der Waals surface area contributed by atoms with E-state index in [1.807, 2.05) is 0 Å². The molecule has 2 heteroatoms. The number of hydrogen-bond acceptors (Lipinski definition) is 2. The number of hydrogen-bond donors (Lipinski definition) is 1. The summed E-state index contributed by atoms with van der Waals surface area (Å²) in [7, 11) is 0. The number of nitrogens with one attached hydrogen (secondary N) is 1. The monoisotopic (exact) mass is 272 g/mol. The van der Waals surface area contributed by atoms with Crippen LogP contribution in [0, 0.1) is 5.92 Å². The highest BCUT2D eigenvalue weighted by molar-refractivity contribution is 5.54. The second-order valence-electron chi connectivity index (χ2n) is 6.82. The van der Waals surface area contributed by atoms with Crippen LogP contribution in [0.1, 0.15) is 44.2 Å². The van der Waals surface area contributed by atoms with Crippen LogP contribution in [-0.2, 0) is 12.8 Å². The average molecular weight is 272 g/mol. The molecule has 0 saturated carbocycles. The first-order valence-electron chi connectivity index (χ1n) is 8.32. The second kappa shape index (κ2) is 6.17. The van der Waals surface area contributed by atoms with Crippen molar-refractivity contribution in [1.29, 1.82) is 0 Å². The molecule has 0 aromatic heterocycles. The molecule has 2 unspecified atom stereocenters. The van der Waals surface area contributed by atoms with Gasteiger partial charge in [0.15, 0.2) is 0 Å². The van der Waals surface area contributed by atoms with Gasteiger partial charge in [0.1, 0.15) is 0 Å². The molecule has 1 N–H and O–H groups in total. The summed E-state index contributed by atoms with van der Waals surface area (Å²) in [6.07, 6.45) is 6.49. The van der Waals surface area contributed by atoms with Crippen LogP contribution in [0.25, 0.3) is 0 Å². The predicted octanol–water partition coefficient (Wildman–Crippen LogP) is 3.71. The van der Waals surface area contributed by atoms with Crippen molar-refractivity contribution in [3.05, 3.63) is 29.3 Å². The van der Waals surface area contributed by atoms with Gasteiger partial charge in [-0.1, -0.05) is 19.1 Å². The summed E-state index contributed by atoms with van der Waals surface area (Å²) in [4.78, 5) is 2.69. The molecule has 110 valence electrons. The van der Waals surface area contributed by atoms with Gasteiger partial charge >= 0.3 is 0 Å². The van der Waals surface area contributed by atoms with Crippen molar-refractivity contribution in [3.8, 4) is 0 Å². The van der Waals surface area contributed by atoms with E-state index in [1.54, 1.807) is 0 Å². The zero-order valence-corrected chi connectivity index (χ0v) is 13.0. The summed E-state index contributed by atoms with van der Waals surface area (Å²) in [5.41, 5.74) is 4.39. The molecule has 2 nitrogen and oxygen atoms in total. The summed E-state index contributed by atoms with van der Waals surface area (Å²) in [6, 6.07) is 7.72. The Hall–Kier alpha value is -1.02. The fraction of sp³-hybridized carbons (Fsp3) is 0.667. The number of rotatable bonds is 3. The predicted molar refractivity (Wildman–Crippen MR) is 86.4 cm³/mol. The molecule has 0 aliphatic carbocycles. The van der Waals surface area contributed by atoms with Crippen LogP contribution in [0.2, 0.25) is 0 Å². The molecule has 1 aromatic carbocycles. The Morgan fingerprint density at radius 3 is 3.10 bits per heavy atom. The van der Waals surface area contributed by atoms with Crippen LogP contribution in [0.4, 0.5) is 5.69 Å². The standard InChI is InChI=1S/C18H28N2/c1-14-5-4-10-20(13-14)15(2)11-16-7-8-18-17(12-16)6-3-9-19-18/h7-8,12,14-15,19H,3-6,9-11,13H2,1-2H3. The van der Waals surface area contributed by atoms with Gasteiger partial charge in [-0.05, 0) is 68.7 Å². The van der Waals surface area contributed by atoms with E-state index in [0.29, 0.717) is 6.04 Å². The van der Waals surface area contributed by atoms with Crippen molar-refractivity contribution in [2.75, 3.05) is 25.0 Å². The lowest BCUT2D eigenvalue weighted by Crippen LogP contribution is -2.41. The van der Waals surface area contributed by atoms with Crippen LogP contribution < -0.4 is 5.32 Å². The molecule has 2 aliphatic heterocycles. The van der Waals surface area contributed by atoms with E-state index in [0.717, 1.165) is 12.5 Å². The maximum absolute atomic E-state index is 3.50. The number of likely N-dealkylation sites (tertiary alicyclic amines) is 1. The van der Waals surface area contributed by atoms with Crippen molar-refractivity contribution < 1.29 is 0 Å². The minimum Gasteiger partial charge on any atom is -0.385 e. The summed E-state index contributed by atoms with van der Waals surface area (Å²) in [5.74, 6) is 0.874. The van der Waals surface area contributed by atoms with E-state index in [9.17, 15) is 0 Å². The molecule has 0 spiro atoms. The van der Waals surface area contributed by atoms with E-state index in [1.165, 1.54) is 62.0 Å². The largest absolute Gasteiger partial charge is 0.385 e. The molecule has 1 saturated heterocycles. The van der Waals surface area contributed by atoms with Crippen molar-refractivity contribution in [3.63, 3.8) is 0 Å². The molecule has 0 amide bonds. The van der Waals surface area contributed by atoms with Crippen LogP contribution in [-0.4, -0.2) is 30.6 Å². The molecule has 2 aliphatic rings. The number of piperidine rings is 1. The molecule has 2 heterocycles. The van der Waals surface area contributed by atoms with E-state index >= 15 is 0 Å². The minimum absolute atomic E-state index is 0.673. The smallest absolute Gasteiger partial charge is 0.0372 e. The Bertz CT molecular complexity index is 455. The molecular weight excluding hydrogens is 244 g/mol.